The third-order valence-corrected chi connectivity index (χ3v) is 4.37. The van der Waals surface area contributed by atoms with Crippen molar-refractivity contribution in [3.8, 4) is 17.0 Å². The second kappa shape index (κ2) is 7.92. The van der Waals surface area contributed by atoms with Crippen molar-refractivity contribution in [3.63, 3.8) is 0 Å². The fraction of sp³-hybridized carbons (Fsp3) is 0.0556. The Labute approximate surface area is 153 Å². The Morgan fingerprint density at radius 1 is 1.20 bits per heavy atom. The number of carbonyl (C=O) groups excluding carboxylic acids is 2. The lowest BCUT2D eigenvalue weighted by Crippen LogP contribution is -2.20. The number of aldehydes is 1. The van der Waals surface area contributed by atoms with Gasteiger partial charge in [0.25, 0.3) is 5.91 Å². The highest BCUT2D eigenvalue weighted by atomic mass is 35.5. The molecule has 0 saturated carbocycles. The van der Waals surface area contributed by atoms with Crippen LogP contribution in [0.5, 0.6) is 5.75 Å². The van der Waals surface area contributed by atoms with Crippen LogP contribution in [0.15, 0.2) is 53.9 Å². The highest BCUT2D eigenvalue weighted by molar-refractivity contribution is 7.14. The standard InChI is InChI=1S/C18H13ClN2O3S/c19-15-4-2-1-3-14(15)16-11-25-18(20-16)21-17(23)10-24-13-7-5-12(9-22)6-8-13/h1-9,11H,10H2,(H,20,21,23). The first-order valence-corrected chi connectivity index (χ1v) is 8.60. The third kappa shape index (κ3) is 4.43. The van der Waals surface area contributed by atoms with Gasteiger partial charge in [-0.25, -0.2) is 4.98 Å². The van der Waals surface area contributed by atoms with Crippen LogP contribution in [0.4, 0.5) is 5.13 Å². The lowest BCUT2D eigenvalue weighted by atomic mass is 10.2. The van der Waals surface area contributed by atoms with Gasteiger partial charge in [0.2, 0.25) is 0 Å². The average Bonchev–Trinajstić information content (AvgIpc) is 3.09. The van der Waals surface area contributed by atoms with Gasteiger partial charge < -0.3 is 4.74 Å². The molecule has 7 heteroatoms. The highest BCUT2D eigenvalue weighted by Crippen LogP contribution is 2.30. The van der Waals surface area contributed by atoms with Gasteiger partial charge in [-0.05, 0) is 30.3 Å². The zero-order valence-corrected chi connectivity index (χ0v) is 14.5. The summed E-state index contributed by atoms with van der Waals surface area (Å²) < 4.78 is 5.38. The topological polar surface area (TPSA) is 68.3 Å². The van der Waals surface area contributed by atoms with Crippen LogP contribution >= 0.6 is 22.9 Å². The van der Waals surface area contributed by atoms with Gasteiger partial charge in [-0.2, -0.15) is 0 Å². The van der Waals surface area contributed by atoms with Crippen molar-refractivity contribution >= 4 is 40.3 Å². The van der Waals surface area contributed by atoms with Crippen molar-refractivity contribution < 1.29 is 14.3 Å². The summed E-state index contributed by atoms with van der Waals surface area (Å²) in [4.78, 5) is 26.9. The molecule has 5 nitrogen and oxygen atoms in total. The van der Waals surface area contributed by atoms with Crippen LogP contribution in [0, 0.1) is 0 Å². The fourth-order valence-corrected chi connectivity index (χ4v) is 3.03. The molecule has 0 unspecified atom stereocenters. The first kappa shape index (κ1) is 17.1. The molecule has 0 fully saturated rings. The van der Waals surface area contributed by atoms with Crippen molar-refractivity contribution in [3.05, 3.63) is 64.5 Å². The minimum absolute atomic E-state index is 0.151. The quantitative estimate of drug-likeness (QED) is 0.655. The summed E-state index contributed by atoms with van der Waals surface area (Å²) in [5.74, 6) is 0.191. The van der Waals surface area contributed by atoms with Crippen LogP contribution in [0.25, 0.3) is 11.3 Å². The summed E-state index contributed by atoms with van der Waals surface area (Å²) in [6.45, 7) is -0.151. The van der Waals surface area contributed by atoms with E-state index in [2.05, 4.69) is 10.3 Å². The molecular weight excluding hydrogens is 360 g/mol. The molecule has 0 spiro atoms. The van der Waals surface area contributed by atoms with Crippen LogP contribution in [0.3, 0.4) is 0 Å². The fourth-order valence-electron chi connectivity index (χ4n) is 2.07. The number of aromatic nitrogens is 1. The Morgan fingerprint density at radius 2 is 1.96 bits per heavy atom. The van der Waals surface area contributed by atoms with Crippen molar-refractivity contribution in [2.75, 3.05) is 11.9 Å². The zero-order chi connectivity index (χ0) is 17.6. The number of benzene rings is 2. The van der Waals surface area contributed by atoms with E-state index in [0.717, 1.165) is 11.8 Å². The maximum Gasteiger partial charge on any atom is 0.264 e. The molecule has 1 aromatic heterocycles. The summed E-state index contributed by atoms with van der Waals surface area (Å²) in [5, 5.41) is 5.59. The van der Waals surface area contributed by atoms with Gasteiger partial charge >= 0.3 is 0 Å². The Balaban J connectivity index is 1.58. The van der Waals surface area contributed by atoms with Gasteiger partial charge in [0.15, 0.2) is 11.7 Å². The highest BCUT2D eigenvalue weighted by Gasteiger charge is 2.10. The Kier molecular flexibility index (Phi) is 5.42. The molecule has 0 aliphatic heterocycles. The molecule has 1 heterocycles. The zero-order valence-electron chi connectivity index (χ0n) is 12.9. The maximum absolute atomic E-state index is 12.0. The van der Waals surface area contributed by atoms with Crippen LogP contribution in [-0.2, 0) is 4.79 Å². The van der Waals surface area contributed by atoms with E-state index in [1.165, 1.54) is 11.3 Å². The summed E-state index contributed by atoms with van der Waals surface area (Å²) in [5.41, 5.74) is 2.07. The predicted octanol–water partition coefficient (Wildman–Crippen LogP) is 4.29. The molecule has 25 heavy (non-hydrogen) atoms. The van der Waals surface area contributed by atoms with E-state index in [9.17, 15) is 9.59 Å². The van der Waals surface area contributed by atoms with Crippen LogP contribution < -0.4 is 10.1 Å². The molecule has 0 bridgehead atoms. The van der Waals surface area contributed by atoms with E-state index in [-0.39, 0.29) is 12.5 Å². The Morgan fingerprint density at radius 3 is 2.68 bits per heavy atom. The monoisotopic (exact) mass is 372 g/mol. The molecule has 0 aliphatic carbocycles. The number of nitrogens with zero attached hydrogens (tertiary/aromatic N) is 1. The number of amides is 1. The molecular formula is C18H13ClN2O3S. The summed E-state index contributed by atoms with van der Waals surface area (Å²) in [6, 6.07) is 13.9. The van der Waals surface area contributed by atoms with Gasteiger partial charge in [0.1, 0.15) is 12.0 Å². The van der Waals surface area contributed by atoms with Gasteiger partial charge in [-0.1, -0.05) is 29.8 Å². The van der Waals surface area contributed by atoms with E-state index in [1.807, 2.05) is 23.6 Å². The van der Waals surface area contributed by atoms with E-state index < -0.39 is 0 Å². The van der Waals surface area contributed by atoms with Crippen molar-refractivity contribution in [2.24, 2.45) is 0 Å². The summed E-state index contributed by atoms with van der Waals surface area (Å²) in [7, 11) is 0. The number of rotatable bonds is 6. The molecule has 0 atom stereocenters. The number of hydrogen-bond acceptors (Lipinski definition) is 5. The van der Waals surface area contributed by atoms with Gasteiger partial charge in [0, 0.05) is 21.5 Å². The number of anilines is 1. The number of nitrogens with one attached hydrogen (secondary N) is 1. The minimum atomic E-state index is -0.320. The van der Waals surface area contributed by atoms with E-state index >= 15 is 0 Å². The van der Waals surface area contributed by atoms with Crippen LogP contribution in [-0.4, -0.2) is 23.8 Å². The first-order chi connectivity index (χ1) is 12.2. The summed E-state index contributed by atoms with van der Waals surface area (Å²) >= 11 is 7.46. The number of thiazole rings is 1. The molecule has 0 aliphatic rings. The molecule has 2 aromatic carbocycles. The molecule has 0 saturated heterocycles. The smallest absolute Gasteiger partial charge is 0.264 e. The maximum atomic E-state index is 12.0. The number of carbonyl (C=O) groups is 2. The van der Waals surface area contributed by atoms with Gasteiger partial charge in [-0.15, -0.1) is 11.3 Å². The van der Waals surface area contributed by atoms with Crippen LogP contribution in [0.1, 0.15) is 10.4 Å². The lowest BCUT2D eigenvalue weighted by Gasteiger charge is -2.05. The molecule has 126 valence electrons. The Bertz CT molecular complexity index is 893. The predicted molar refractivity (Wildman–Crippen MR) is 98.5 cm³/mol. The Hall–Kier alpha value is -2.70. The average molecular weight is 373 g/mol. The van der Waals surface area contributed by atoms with Crippen molar-refractivity contribution in [2.45, 2.75) is 0 Å². The van der Waals surface area contributed by atoms with E-state index in [1.54, 1.807) is 30.3 Å². The lowest BCUT2D eigenvalue weighted by molar-refractivity contribution is -0.118. The molecule has 1 amide bonds. The van der Waals surface area contributed by atoms with E-state index in [0.29, 0.717) is 27.2 Å². The summed E-state index contributed by atoms with van der Waals surface area (Å²) in [6.07, 6.45) is 0.746. The van der Waals surface area contributed by atoms with Crippen LogP contribution in [0.2, 0.25) is 5.02 Å². The SMILES string of the molecule is O=Cc1ccc(OCC(=O)Nc2nc(-c3ccccc3Cl)cs2)cc1. The number of halogens is 1. The largest absolute Gasteiger partial charge is 0.484 e. The van der Waals surface area contributed by atoms with E-state index in [4.69, 9.17) is 16.3 Å². The second-order valence-corrected chi connectivity index (χ2v) is 6.31. The molecule has 3 aromatic rings. The van der Waals surface area contributed by atoms with Crippen molar-refractivity contribution in [1.82, 2.24) is 4.98 Å². The normalized spacial score (nSPS) is 10.3. The molecule has 3 rings (SSSR count). The van der Waals surface area contributed by atoms with Crippen molar-refractivity contribution in [1.29, 1.82) is 0 Å². The second-order valence-electron chi connectivity index (χ2n) is 5.04. The first-order valence-electron chi connectivity index (χ1n) is 7.34. The molecule has 0 radical (unpaired) electrons. The number of ether oxygens (including phenoxy) is 1. The molecule has 1 N–H and O–H groups in total. The minimum Gasteiger partial charge on any atom is -0.484 e. The third-order valence-electron chi connectivity index (χ3n) is 3.29. The van der Waals surface area contributed by atoms with Gasteiger partial charge in [-0.3, -0.25) is 14.9 Å². The van der Waals surface area contributed by atoms with Gasteiger partial charge in [0.05, 0.1) is 5.69 Å². The number of hydrogen-bond donors (Lipinski definition) is 1.